The highest BCUT2D eigenvalue weighted by Crippen LogP contribution is 2.47. The molecule has 3 nitrogen and oxygen atoms in total. The van der Waals surface area contributed by atoms with Crippen molar-refractivity contribution in [1.82, 2.24) is 5.32 Å². The van der Waals surface area contributed by atoms with Crippen molar-refractivity contribution < 1.29 is 9.47 Å². The average molecular weight is 285 g/mol. The van der Waals surface area contributed by atoms with E-state index in [1.807, 2.05) is 0 Å². The number of piperidine rings is 1. The second-order valence-electron chi connectivity index (χ2n) is 7.64. The zero-order valence-electron chi connectivity index (χ0n) is 14.5. The van der Waals surface area contributed by atoms with Crippen LogP contribution in [0.5, 0.6) is 0 Å². The zero-order valence-corrected chi connectivity index (χ0v) is 14.5. The summed E-state index contributed by atoms with van der Waals surface area (Å²) in [5, 5.41) is 3.79. The summed E-state index contributed by atoms with van der Waals surface area (Å²) in [5.41, 5.74) is 0.697. The van der Waals surface area contributed by atoms with Crippen molar-refractivity contribution in [2.75, 3.05) is 26.4 Å². The fourth-order valence-corrected chi connectivity index (χ4v) is 4.29. The molecule has 20 heavy (non-hydrogen) atoms. The Morgan fingerprint density at radius 3 is 1.55 bits per heavy atom. The van der Waals surface area contributed by atoms with Crippen LogP contribution in [0.25, 0.3) is 0 Å². The van der Waals surface area contributed by atoms with E-state index in [0.717, 1.165) is 39.3 Å². The first-order valence-corrected chi connectivity index (χ1v) is 8.19. The number of rotatable bonds is 8. The van der Waals surface area contributed by atoms with E-state index < -0.39 is 0 Å². The molecule has 1 N–H and O–H groups in total. The first-order valence-electron chi connectivity index (χ1n) is 8.19. The molecule has 3 heteroatoms. The Morgan fingerprint density at radius 1 is 0.800 bits per heavy atom. The minimum absolute atomic E-state index is 0.181. The maximum atomic E-state index is 5.64. The Morgan fingerprint density at radius 2 is 1.20 bits per heavy atom. The molecule has 0 aromatic carbocycles. The summed E-state index contributed by atoms with van der Waals surface area (Å²) >= 11 is 0. The number of hydrogen-bond donors (Lipinski definition) is 1. The highest BCUT2D eigenvalue weighted by atomic mass is 16.5. The standard InChI is InChI=1S/C17H35NO2/c1-7-19-11-9-17(10-12-20-8-2)13-15(3,4)18-16(5,6)14-17/h18H,7-14H2,1-6H3. The smallest absolute Gasteiger partial charge is 0.0471 e. The molecule has 0 saturated carbocycles. The molecule has 1 rings (SSSR count). The second-order valence-corrected chi connectivity index (χ2v) is 7.64. The molecule has 0 aromatic heterocycles. The van der Waals surface area contributed by atoms with Crippen molar-refractivity contribution in [2.45, 2.75) is 78.3 Å². The van der Waals surface area contributed by atoms with Gasteiger partial charge in [0, 0.05) is 37.5 Å². The minimum atomic E-state index is 0.181. The van der Waals surface area contributed by atoms with E-state index in [0.29, 0.717) is 5.41 Å². The van der Waals surface area contributed by atoms with Gasteiger partial charge in [-0.2, -0.15) is 0 Å². The van der Waals surface area contributed by atoms with Crippen LogP contribution in [0.15, 0.2) is 0 Å². The summed E-state index contributed by atoms with van der Waals surface area (Å²) in [5.74, 6) is 0. The summed E-state index contributed by atoms with van der Waals surface area (Å²) in [4.78, 5) is 0. The Labute approximate surface area is 125 Å². The van der Waals surface area contributed by atoms with Crippen LogP contribution in [0.3, 0.4) is 0 Å². The molecular formula is C17H35NO2. The predicted octanol–water partition coefficient (Wildman–Crippen LogP) is 3.77. The lowest BCUT2D eigenvalue weighted by Crippen LogP contribution is -2.61. The monoisotopic (exact) mass is 285 g/mol. The summed E-state index contributed by atoms with van der Waals surface area (Å²) in [6, 6.07) is 0. The third-order valence-corrected chi connectivity index (χ3v) is 4.27. The van der Waals surface area contributed by atoms with E-state index in [1.54, 1.807) is 0 Å². The van der Waals surface area contributed by atoms with E-state index >= 15 is 0 Å². The van der Waals surface area contributed by atoms with E-state index in [2.05, 4.69) is 46.9 Å². The molecule has 0 amide bonds. The summed E-state index contributed by atoms with van der Waals surface area (Å²) in [7, 11) is 0. The van der Waals surface area contributed by atoms with Crippen molar-refractivity contribution in [3.8, 4) is 0 Å². The van der Waals surface area contributed by atoms with Gasteiger partial charge in [-0.1, -0.05) is 0 Å². The van der Waals surface area contributed by atoms with Gasteiger partial charge in [-0.05, 0) is 72.6 Å². The molecule has 0 radical (unpaired) electrons. The normalized spacial score (nSPS) is 23.7. The van der Waals surface area contributed by atoms with Crippen molar-refractivity contribution in [3.63, 3.8) is 0 Å². The maximum Gasteiger partial charge on any atom is 0.0471 e. The van der Waals surface area contributed by atoms with E-state index in [9.17, 15) is 0 Å². The van der Waals surface area contributed by atoms with E-state index in [-0.39, 0.29) is 11.1 Å². The Kier molecular flexibility index (Phi) is 6.49. The van der Waals surface area contributed by atoms with E-state index in [4.69, 9.17) is 9.47 Å². The van der Waals surface area contributed by atoms with E-state index in [1.165, 1.54) is 12.8 Å². The quantitative estimate of drug-likeness (QED) is 0.689. The third-order valence-electron chi connectivity index (χ3n) is 4.27. The number of ether oxygens (including phenoxy) is 2. The highest BCUT2D eigenvalue weighted by Gasteiger charge is 2.46. The van der Waals surface area contributed by atoms with Crippen LogP contribution in [0, 0.1) is 5.41 Å². The average Bonchev–Trinajstić information content (AvgIpc) is 2.25. The molecule has 0 atom stereocenters. The molecular weight excluding hydrogens is 250 g/mol. The Bertz CT molecular complexity index is 259. The van der Waals surface area contributed by atoms with Crippen molar-refractivity contribution in [3.05, 3.63) is 0 Å². The first kappa shape index (κ1) is 17.9. The highest BCUT2D eigenvalue weighted by molar-refractivity contribution is 5.03. The number of hydrogen-bond acceptors (Lipinski definition) is 3. The zero-order chi connectivity index (χ0) is 15.3. The molecule has 0 bridgehead atoms. The molecule has 0 unspecified atom stereocenters. The fourth-order valence-electron chi connectivity index (χ4n) is 4.29. The van der Waals surface area contributed by atoms with Crippen LogP contribution in [-0.4, -0.2) is 37.5 Å². The Hall–Kier alpha value is -0.120. The molecule has 1 saturated heterocycles. The van der Waals surface area contributed by atoms with Gasteiger partial charge in [0.05, 0.1) is 0 Å². The molecule has 0 aromatic rings. The third kappa shape index (κ3) is 5.71. The van der Waals surface area contributed by atoms with Gasteiger partial charge < -0.3 is 14.8 Å². The first-order chi connectivity index (χ1) is 9.24. The van der Waals surface area contributed by atoms with Crippen LogP contribution >= 0.6 is 0 Å². The second kappa shape index (κ2) is 7.24. The van der Waals surface area contributed by atoms with Crippen molar-refractivity contribution in [1.29, 1.82) is 0 Å². The van der Waals surface area contributed by atoms with Gasteiger partial charge in [0.2, 0.25) is 0 Å². The molecule has 1 heterocycles. The largest absolute Gasteiger partial charge is 0.382 e. The maximum absolute atomic E-state index is 5.64. The van der Waals surface area contributed by atoms with Crippen LogP contribution in [0.4, 0.5) is 0 Å². The van der Waals surface area contributed by atoms with Gasteiger partial charge in [0.25, 0.3) is 0 Å². The SMILES string of the molecule is CCOCCC1(CCOCC)CC(C)(C)NC(C)(C)C1. The molecule has 120 valence electrons. The molecule has 1 fully saturated rings. The predicted molar refractivity (Wildman–Crippen MR) is 85.2 cm³/mol. The lowest BCUT2D eigenvalue weighted by Gasteiger charge is -2.53. The Balaban J connectivity index is 2.78. The van der Waals surface area contributed by atoms with Crippen LogP contribution in [0.1, 0.15) is 67.2 Å². The fraction of sp³-hybridized carbons (Fsp3) is 1.00. The van der Waals surface area contributed by atoms with Gasteiger partial charge in [0.1, 0.15) is 0 Å². The molecule has 1 aliphatic heterocycles. The minimum Gasteiger partial charge on any atom is -0.382 e. The van der Waals surface area contributed by atoms with Gasteiger partial charge in [0.15, 0.2) is 0 Å². The summed E-state index contributed by atoms with van der Waals surface area (Å²) in [6.45, 7) is 16.8. The van der Waals surface area contributed by atoms with Crippen LogP contribution < -0.4 is 5.32 Å². The van der Waals surface area contributed by atoms with Gasteiger partial charge in [-0.25, -0.2) is 0 Å². The lowest BCUT2D eigenvalue weighted by molar-refractivity contribution is -0.0102. The summed E-state index contributed by atoms with van der Waals surface area (Å²) in [6.07, 6.45) is 4.68. The van der Waals surface area contributed by atoms with Crippen molar-refractivity contribution in [2.24, 2.45) is 5.41 Å². The topological polar surface area (TPSA) is 30.5 Å². The van der Waals surface area contributed by atoms with Crippen LogP contribution in [-0.2, 0) is 9.47 Å². The van der Waals surface area contributed by atoms with Crippen molar-refractivity contribution >= 4 is 0 Å². The van der Waals surface area contributed by atoms with Gasteiger partial charge >= 0.3 is 0 Å². The van der Waals surface area contributed by atoms with Crippen LogP contribution in [0.2, 0.25) is 0 Å². The van der Waals surface area contributed by atoms with Gasteiger partial charge in [-0.15, -0.1) is 0 Å². The molecule has 1 aliphatic rings. The van der Waals surface area contributed by atoms with Gasteiger partial charge in [-0.3, -0.25) is 0 Å². The number of nitrogens with one attached hydrogen (secondary N) is 1. The molecule has 0 aliphatic carbocycles. The lowest BCUT2D eigenvalue weighted by atomic mass is 9.62. The summed E-state index contributed by atoms with van der Waals surface area (Å²) < 4.78 is 11.3. The molecule has 0 spiro atoms.